The van der Waals surface area contributed by atoms with E-state index in [9.17, 15) is 25.2 Å². The summed E-state index contributed by atoms with van der Waals surface area (Å²) in [6.07, 6.45) is 59.9. The Kier molecular flexibility index (Phi) is 43.3. The molecule has 6 atom stereocenters. The Morgan fingerprint density at radius 3 is 1.32 bits per heavy atom. The van der Waals surface area contributed by atoms with Crippen LogP contribution in [0.2, 0.25) is 0 Å². The third-order valence-corrected chi connectivity index (χ3v) is 11.2. The number of aliphatic hydroxyl groups excluding tert-OH is 4. The van der Waals surface area contributed by atoms with Gasteiger partial charge in [0.05, 0.1) is 19.8 Å². The maximum atomic E-state index is 12.8. The number of unbranched alkanes of at least 4 members (excludes halogenated alkanes) is 14. The molecule has 6 unspecified atom stereocenters. The number of esters is 1. The normalized spacial score (nSPS) is 20.2. The highest BCUT2D eigenvalue weighted by Gasteiger charge is 2.44. The first-order chi connectivity index (χ1) is 32.4. The largest absolute Gasteiger partial charge is 0.457 e. The van der Waals surface area contributed by atoms with Crippen LogP contribution in [0.5, 0.6) is 0 Å². The molecular formula is C57H94O9. The minimum atomic E-state index is -1.55. The summed E-state index contributed by atoms with van der Waals surface area (Å²) < 4.78 is 22.8. The smallest absolute Gasteiger partial charge is 0.306 e. The Labute approximate surface area is 402 Å². The van der Waals surface area contributed by atoms with Crippen LogP contribution in [0.1, 0.15) is 181 Å². The van der Waals surface area contributed by atoms with Crippen molar-refractivity contribution in [3.63, 3.8) is 0 Å². The number of aliphatic hydroxyl groups is 4. The van der Waals surface area contributed by atoms with Gasteiger partial charge in [0, 0.05) is 13.0 Å². The van der Waals surface area contributed by atoms with Gasteiger partial charge >= 0.3 is 5.97 Å². The summed E-state index contributed by atoms with van der Waals surface area (Å²) in [6.45, 7) is 4.25. The van der Waals surface area contributed by atoms with Crippen molar-refractivity contribution in [3.8, 4) is 0 Å². The lowest BCUT2D eigenvalue weighted by atomic mass is 9.99. The monoisotopic (exact) mass is 923 g/mol. The average Bonchev–Trinajstić information content (AvgIpc) is 3.32. The van der Waals surface area contributed by atoms with E-state index in [1.165, 1.54) is 77.0 Å². The second kappa shape index (κ2) is 46.9. The van der Waals surface area contributed by atoms with E-state index in [0.29, 0.717) is 13.0 Å². The van der Waals surface area contributed by atoms with Crippen molar-refractivity contribution in [2.75, 3.05) is 26.4 Å². The molecule has 0 aromatic rings. The minimum Gasteiger partial charge on any atom is -0.457 e. The number of hydrogen-bond acceptors (Lipinski definition) is 9. The van der Waals surface area contributed by atoms with Crippen molar-refractivity contribution in [3.05, 3.63) is 109 Å². The molecule has 1 saturated heterocycles. The zero-order valence-corrected chi connectivity index (χ0v) is 41.4. The third-order valence-electron chi connectivity index (χ3n) is 11.2. The maximum Gasteiger partial charge on any atom is 0.306 e. The van der Waals surface area contributed by atoms with Gasteiger partial charge in [-0.1, -0.05) is 194 Å². The minimum absolute atomic E-state index is 0.114. The Balaban J connectivity index is 2.21. The fourth-order valence-corrected chi connectivity index (χ4v) is 7.22. The van der Waals surface area contributed by atoms with Crippen molar-refractivity contribution in [2.45, 2.75) is 218 Å². The molecule has 0 saturated carbocycles. The Morgan fingerprint density at radius 1 is 0.485 bits per heavy atom. The predicted molar refractivity (Wildman–Crippen MR) is 274 cm³/mol. The topological polar surface area (TPSA) is 135 Å². The van der Waals surface area contributed by atoms with E-state index in [0.717, 1.165) is 77.0 Å². The molecule has 1 heterocycles. The molecule has 4 N–H and O–H groups in total. The van der Waals surface area contributed by atoms with Crippen LogP contribution in [0.4, 0.5) is 0 Å². The first-order valence-electron chi connectivity index (χ1n) is 26.0. The van der Waals surface area contributed by atoms with Crippen molar-refractivity contribution < 1.29 is 44.2 Å². The third kappa shape index (κ3) is 36.9. The van der Waals surface area contributed by atoms with Gasteiger partial charge in [-0.3, -0.25) is 4.79 Å². The summed E-state index contributed by atoms with van der Waals surface area (Å²) in [5.41, 5.74) is 0. The number of ether oxygens (including phenoxy) is 4. The van der Waals surface area contributed by atoms with E-state index >= 15 is 0 Å². The molecule has 0 radical (unpaired) electrons. The molecule has 376 valence electrons. The number of allylic oxidation sites excluding steroid dienone is 18. The second-order valence-corrected chi connectivity index (χ2v) is 17.2. The molecule has 0 aliphatic carbocycles. The fraction of sp³-hybridized carbons (Fsp3) is 0.667. The van der Waals surface area contributed by atoms with Crippen LogP contribution in [0.15, 0.2) is 109 Å². The number of carbonyl (C=O) groups excluding carboxylic acids is 1. The van der Waals surface area contributed by atoms with Crippen molar-refractivity contribution in [2.24, 2.45) is 0 Å². The first-order valence-corrected chi connectivity index (χ1v) is 26.0. The second-order valence-electron chi connectivity index (χ2n) is 17.2. The zero-order valence-electron chi connectivity index (χ0n) is 41.4. The van der Waals surface area contributed by atoms with Gasteiger partial charge in [-0.25, -0.2) is 0 Å². The van der Waals surface area contributed by atoms with E-state index < -0.39 is 43.4 Å². The Morgan fingerprint density at radius 2 is 0.879 bits per heavy atom. The fourth-order valence-electron chi connectivity index (χ4n) is 7.22. The lowest BCUT2D eigenvalue weighted by Gasteiger charge is -2.39. The molecule has 0 amide bonds. The van der Waals surface area contributed by atoms with E-state index in [2.05, 4.69) is 123 Å². The maximum absolute atomic E-state index is 12.8. The number of carbonyl (C=O) groups is 1. The van der Waals surface area contributed by atoms with Crippen molar-refractivity contribution in [1.82, 2.24) is 0 Å². The van der Waals surface area contributed by atoms with Gasteiger partial charge < -0.3 is 39.4 Å². The van der Waals surface area contributed by atoms with Gasteiger partial charge in [0.15, 0.2) is 6.29 Å². The van der Waals surface area contributed by atoms with E-state index in [1.54, 1.807) is 0 Å². The summed E-state index contributed by atoms with van der Waals surface area (Å²) in [4.78, 5) is 12.8. The summed E-state index contributed by atoms with van der Waals surface area (Å²) >= 11 is 0. The Bertz CT molecular complexity index is 1370. The SMILES string of the molecule is CC/C=C\C/C=C\C/C=C\C/C=C\C/C=C\CCCC(=O)OC(COCCCCCCCCCCCCCCC/C=C\C/C=C\C/C=C\C/C=C\CC)COC1OC(CO)C(O)C(O)C1O. The molecule has 9 nitrogen and oxygen atoms in total. The average molecular weight is 923 g/mol. The van der Waals surface area contributed by atoms with Crippen LogP contribution >= 0.6 is 0 Å². The summed E-state index contributed by atoms with van der Waals surface area (Å²) in [7, 11) is 0. The van der Waals surface area contributed by atoms with E-state index in [4.69, 9.17) is 18.9 Å². The lowest BCUT2D eigenvalue weighted by Crippen LogP contribution is -2.59. The lowest BCUT2D eigenvalue weighted by molar-refractivity contribution is -0.305. The molecule has 1 fully saturated rings. The Hall–Kier alpha value is -3.15. The molecule has 0 aromatic carbocycles. The van der Waals surface area contributed by atoms with Crippen LogP contribution in [0.25, 0.3) is 0 Å². The summed E-state index contributed by atoms with van der Waals surface area (Å²) in [5, 5.41) is 40.2. The molecule has 1 aliphatic heterocycles. The van der Waals surface area contributed by atoms with Gasteiger partial charge in [-0.2, -0.15) is 0 Å². The van der Waals surface area contributed by atoms with Gasteiger partial charge in [0.25, 0.3) is 0 Å². The molecule has 0 spiro atoms. The van der Waals surface area contributed by atoms with Gasteiger partial charge in [0.2, 0.25) is 0 Å². The standard InChI is InChI=1S/C57H94O9/c1-3-5-7-9-11-13-15-17-19-21-22-23-24-25-26-27-28-29-31-33-35-37-39-41-43-45-47-63-49-51(50-64-57-56(62)55(61)54(60)52(48-58)66-57)65-53(59)46-44-42-40-38-36-34-32-30-20-18-16-14-12-10-8-6-4-2/h5-8,11-14,17-20,22-23,32,34,38,40,51-52,54-58,60-62H,3-4,9-10,15-16,21,24-31,33,35-37,39,41-50H2,1-2H3/b7-5-,8-6-,13-11-,14-12-,19-17-,20-18-,23-22-,34-32-,40-38-. The molecule has 1 rings (SSSR count). The van der Waals surface area contributed by atoms with Crippen LogP contribution in [-0.2, 0) is 23.7 Å². The van der Waals surface area contributed by atoms with Crippen LogP contribution < -0.4 is 0 Å². The molecule has 9 heteroatoms. The number of hydrogen-bond donors (Lipinski definition) is 4. The molecule has 0 aromatic heterocycles. The van der Waals surface area contributed by atoms with Crippen LogP contribution in [0.3, 0.4) is 0 Å². The van der Waals surface area contributed by atoms with E-state index in [1.807, 2.05) is 0 Å². The quantitative estimate of drug-likeness (QED) is 0.0268. The predicted octanol–water partition coefficient (Wildman–Crippen LogP) is 12.9. The zero-order chi connectivity index (χ0) is 47.8. The van der Waals surface area contributed by atoms with Crippen molar-refractivity contribution in [1.29, 1.82) is 0 Å². The molecule has 66 heavy (non-hydrogen) atoms. The molecule has 1 aliphatic rings. The number of rotatable bonds is 43. The molecule has 0 bridgehead atoms. The van der Waals surface area contributed by atoms with Gasteiger partial charge in [-0.15, -0.1) is 0 Å². The highest BCUT2D eigenvalue weighted by molar-refractivity contribution is 5.69. The highest BCUT2D eigenvalue weighted by Crippen LogP contribution is 2.22. The highest BCUT2D eigenvalue weighted by atomic mass is 16.7. The van der Waals surface area contributed by atoms with Crippen molar-refractivity contribution >= 4 is 5.97 Å². The van der Waals surface area contributed by atoms with Crippen LogP contribution in [0, 0.1) is 0 Å². The van der Waals surface area contributed by atoms with Gasteiger partial charge in [-0.05, 0) is 89.9 Å². The first kappa shape index (κ1) is 60.9. The van der Waals surface area contributed by atoms with Gasteiger partial charge in [0.1, 0.15) is 30.5 Å². The van der Waals surface area contributed by atoms with Crippen LogP contribution in [-0.4, -0.2) is 89.6 Å². The van der Waals surface area contributed by atoms with E-state index in [-0.39, 0.29) is 25.6 Å². The summed E-state index contributed by atoms with van der Waals surface area (Å²) in [6, 6.07) is 0. The molecular weight excluding hydrogens is 829 g/mol. The summed E-state index contributed by atoms with van der Waals surface area (Å²) in [5.74, 6) is -0.373.